The maximum absolute atomic E-state index is 14.8. The SMILES string of the molecule is CC[C@H](C)[C@H](CO)N1C(=O)[C@@H]2[C@@H]3C(=O)OCCC=C[C@]3(C)S[C@@]23C=CCN(c2ccc(N(CC)CC)cc2)C(=O)C13. The van der Waals surface area contributed by atoms with E-state index in [9.17, 15) is 19.5 Å². The molecule has 222 valence electrons. The maximum atomic E-state index is 14.8. The zero-order chi connectivity index (χ0) is 29.5. The third kappa shape index (κ3) is 4.69. The summed E-state index contributed by atoms with van der Waals surface area (Å²) < 4.78 is 3.95. The number of fused-ring (bicyclic) bond motifs is 2. The molecule has 2 amide bonds. The molecule has 41 heavy (non-hydrogen) atoms. The van der Waals surface area contributed by atoms with Crippen LogP contribution in [0.3, 0.4) is 0 Å². The molecule has 1 aromatic carbocycles. The van der Waals surface area contributed by atoms with Crippen molar-refractivity contribution in [3.8, 4) is 0 Å². The number of carbonyl (C=O) groups excluding carboxylic acids is 3. The molecule has 0 aromatic heterocycles. The number of ether oxygens (including phenoxy) is 1. The first-order valence-corrected chi connectivity index (χ1v) is 15.8. The number of thioether (sulfide) groups is 1. The lowest BCUT2D eigenvalue weighted by Gasteiger charge is -2.41. The first-order valence-electron chi connectivity index (χ1n) is 15.0. The summed E-state index contributed by atoms with van der Waals surface area (Å²) in [5, 5.41) is 10.6. The Labute approximate surface area is 247 Å². The topological polar surface area (TPSA) is 90.4 Å². The van der Waals surface area contributed by atoms with Crippen LogP contribution in [0.25, 0.3) is 0 Å². The number of anilines is 2. The molecule has 5 rings (SSSR count). The van der Waals surface area contributed by atoms with Crippen LogP contribution in [0, 0.1) is 17.8 Å². The highest BCUT2D eigenvalue weighted by Gasteiger charge is 2.74. The van der Waals surface area contributed by atoms with E-state index in [1.54, 1.807) is 9.80 Å². The van der Waals surface area contributed by atoms with Crippen LogP contribution in [0.4, 0.5) is 11.4 Å². The van der Waals surface area contributed by atoms with Gasteiger partial charge in [-0.05, 0) is 57.4 Å². The highest BCUT2D eigenvalue weighted by atomic mass is 32.2. The van der Waals surface area contributed by atoms with Crippen LogP contribution in [0.5, 0.6) is 0 Å². The predicted octanol–water partition coefficient (Wildman–Crippen LogP) is 4.03. The Hall–Kier alpha value is -2.78. The van der Waals surface area contributed by atoms with Gasteiger partial charge >= 0.3 is 5.97 Å². The molecule has 4 heterocycles. The number of aliphatic hydroxyl groups excluding tert-OH is 1. The van der Waals surface area contributed by atoms with Gasteiger partial charge in [0.05, 0.1) is 35.8 Å². The first kappa shape index (κ1) is 29.7. The molecule has 2 fully saturated rings. The minimum absolute atomic E-state index is 0.0396. The van der Waals surface area contributed by atoms with Crippen molar-refractivity contribution in [2.24, 2.45) is 17.8 Å². The summed E-state index contributed by atoms with van der Waals surface area (Å²) in [5.74, 6) is -2.39. The van der Waals surface area contributed by atoms with Crippen molar-refractivity contribution < 1.29 is 24.2 Å². The minimum Gasteiger partial charge on any atom is -0.465 e. The molecule has 7 atom stereocenters. The molecule has 1 aromatic rings. The Kier molecular flexibility index (Phi) is 8.32. The quantitative estimate of drug-likeness (QED) is 0.366. The number of esters is 1. The zero-order valence-corrected chi connectivity index (χ0v) is 25.6. The smallest absolute Gasteiger partial charge is 0.311 e. The van der Waals surface area contributed by atoms with E-state index < -0.39 is 39.4 Å². The Morgan fingerprint density at radius 2 is 1.76 bits per heavy atom. The number of nitrogens with zero attached hydrogens (tertiary/aromatic N) is 3. The highest BCUT2D eigenvalue weighted by molar-refractivity contribution is 8.02. The molecule has 1 spiro atoms. The van der Waals surface area contributed by atoms with Gasteiger partial charge in [-0.2, -0.15) is 0 Å². The number of hydrogen-bond acceptors (Lipinski definition) is 7. The molecule has 4 aliphatic rings. The minimum atomic E-state index is -0.974. The van der Waals surface area contributed by atoms with Gasteiger partial charge in [-0.25, -0.2) is 0 Å². The van der Waals surface area contributed by atoms with E-state index in [0.29, 0.717) is 13.0 Å². The van der Waals surface area contributed by atoms with E-state index in [1.165, 1.54) is 11.8 Å². The van der Waals surface area contributed by atoms with Crippen molar-refractivity contribution >= 4 is 40.9 Å². The lowest BCUT2D eigenvalue weighted by Crippen LogP contribution is -2.58. The number of amides is 2. The van der Waals surface area contributed by atoms with E-state index in [2.05, 4.69) is 18.7 Å². The van der Waals surface area contributed by atoms with E-state index in [0.717, 1.165) is 30.9 Å². The molecular weight excluding hydrogens is 538 g/mol. The number of rotatable bonds is 8. The van der Waals surface area contributed by atoms with Crippen molar-refractivity contribution in [2.45, 2.75) is 69.0 Å². The molecule has 1 unspecified atom stereocenters. The van der Waals surface area contributed by atoms with Crippen molar-refractivity contribution in [3.63, 3.8) is 0 Å². The van der Waals surface area contributed by atoms with E-state index in [1.807, 2.05) is 69.3 Å². The standard InChI is InChI=1S/C32H43N3O5S/c1-6-21(4)24(20-36)35-27-29(38)34(23-14-12-22(13-15-23)33(7-2)8-3)18-11-17-32(27)25(28(35)37)26-30(39)40-19-10-9-16-31(26,5)41-32/h9,11-17,21,24-27,36H,6-8,10,18-20H2,1-5H3/t21-,24-,25-,26+,27?,31-,32-/m0/s1. The number of benzene rings is 1. The van der Waals surface area contributed by atoms with E-state index in [4.69, 9.17) is 4.74 Å². The zero-order valence-electron chi connectivity index (χ0n) is 24.8. The van der Waals surface area contributed by atoms with Crippen molar-refractivity contribution in [3.05, 3.63) is 48.6 Å². The Bertz CT molecular complexity index is 1230. The number of cyclic esters (lactones) is 1. The molecule has 9 heteroatoms. The van der Waals surface area contributed by atoms with Crippen LogP contribution < -0.4 is 9.80 Å². The summed E-state index contributed by atoms with van der Waals surface area (Å²) in [6.45, 7) is 12.4. The third-order valence-electron chi connectivity index (χ3n) is 9.59. The van der Waals surface area contributed by atoms with Crippen LogP contribution in [0.15, 0.2) is 48.6 Å². The van der Waals surface area contributed by atoms with Gasteiger partial charge in [0.25, 0.3) is 5.91 Å². The molecule has 8 nitrogen and oxygen atoms in total. The highest BCUT2D eigenvalue weighted by Crippen LogP contribution is 2.65. The lowest BCUT2D eigenvalue weighted by molar-refractivity contribution is -0.155. The normalized spacial score (nSPS) is 32.4. The van der Waals surface area contributed by atoms with Gasteiger partial charge in [0, 0.05) is 35.8 Å². The average molecular weight is 582 g/mol. The average Bonchev–Trinajstić information content (AvgIpc) is 3.28. The first-order chi connectivity index (χ1) is 19.7. The molecule has 2 saturated heterocycles. The van der Waals surface area contributed by atoms with Gasteiger partial charge in [0.1, 0.15) is 6.04 Å². The lowest BCUT2D eigenvalue weighted by atomic mass is 9.74. The maximum Gasteiger partial charge on any atom is 0.311 e. The fourth-order valence-corrected chi connectivity index (χ4v) is 9.40. The summed E-state index contributed by atoms with van der Waals surface area (Å²) in [6.07, 6.45) is 9.39. The molecule has 1 N–H and O–H groups in total. The van der Waals surface area contributed by atoms with Gasteiger partial charge in [0.2, 0.25) is 5.91 Å². The Balaban J connectivity index is 1.63. The number of aliphatic hydroxyl groups is 1. The summed E-state index contributed by atoms with van der Waals surface area (Å²) in [4.78, 5) is 48.5. The van der Waals surface area contributed by atoms with E-state index in [-0.39, 0.29) is 30.9 Å². The monoisotopic (exact) mass is 581 g/mol. The second kappa shape index (κ2) is 11.5. The second-order valence-electron chi connectivity index (χ2n) is 11.8. The second-order valence-corrected chi connectivity index (χ2v) is 13.6. The molecule has 0 radical (unpaired) electrons. The molecule has 4 aliphatic heterocycles. The van der Waals surface area contributed by atoms with Crippen molar-refractivity contribution in [1.29, 1.82) is 0 Å². The summed E-state index contributed by atoms with van der Waals surface area (Å²) in [5.41, 5.74) is 1.84. The van der Waals surface area contributed by atoms with Crippen molar-refractivity contribution in [2.75, 3.05) is 42.6 Å². The van der Waals surface area contributed by atoms with Gasteiger partial charge < -0.3 is 24.5 Å². The third-order valence-corrected chi connectivity index (χ3v) is 11.4. The van der Waals surface area contributed by atoms with Gasteiger partial charge in [-0.3, -0.25) is 14.4 Å². The number of hydrogen-bond donors (Lipinski definition) is 1. The summed E-state index contributed by atoms with van der Waals surface area (Å²) in [6, 6.07) is 6.57. The van der Waals surface area contributed by atoms with Gasteiger partial charge in [-0.1, -0.05) is 44.6 Å². The number of likely N-dealkylation sites (tertiary alicyclic amines) is 1. The van der Waals surface area contributed by atoms with Crippen LogP contribution in [0.1, 0.15) is 47.5 Å². The largest absolute Gasteiger partial charge is 0.465 e. The Morgan fingerprint density at radius 3 is 2.39 bits per heavy atom. The number of carbonyl (C=O) groups is 3. The molecule has 0 aliphatic carbocycles. The Morgan fingerprint density at radius 1 is 1.05 bits per heavy atom. The summed E-state index contributed by atoms with van der Waals surface area (Å²) >= 11 is 1.53. The van der Waals surface area contributed by atoms with Crippen LogP contribution in [-0.4, -0.2) is 82.2 Å². The molecule has 0 saturated carbocycles. The van der Waals surface area contributed by atoms with Crippen LogP contribution in [0.2, 0.25) is 0 Å². The fraction of sp³-hybridized carbons (Fsp3) is 0.594. The van der Waals surface area contributed by atoms with E-state index >= 15 is 0 Å². The molecular formula is C32H43N3O5S. The predicted molar refractivity (Wildman–Crippen MR) is 163 cm³/mol. The van der Waals surface area contributed by atoms with Gasteiger partial charge in [-0.15, -0.1) is 11.8 Å². The summed E-state index contributed by atoms with van der Waals surface area (Å²) in [7, 11) is 0. The van der Waals surface area contributed by atoms with Gasteiger partial charge in [0.15, 0.2) is 0 Å². The van der Waals surface area contributed by atoms with Crippen LogP contribution >= 0.6 is 11.8 Å². The van der Waals surface area contributed by atoms with Crippen LogP contribution in [-0.2, 0) is 19.1 Å². The van der Waals surface area contributed by atoms with Crippen molar-refractivity contribution in [1.82, 2.24) is 4.90 Å². The molecule has 0 bridgehead atoms. The fourth-order valence-electron chi connectivity index (χ4n) is 7.26.